The average Bonchev–Trinajstić information content (AvgIpc) is 3.14. The van der Waals surface area contributed by atoms with E-state index in [1.807, 2.05) is 54.7 Å². The van der Waals surface area contributed by atoms with Crippen molar-refractivity contribution in [3.05, 3.63) is 70.9 Å². The van der Waals surface area contributed by atoms with Gasteiger partial charge >= 0.3 is 5.97 Å². The first-order valence-electron chi connectivity index (χ1n) is 9.76. The first kappa shape index (κ1) is 20.9. The molecule has 152 valence electrons. The van der Waals surface area contributed by atoms with E-state index in [-0.39, 0.29) is 11.9 Å². The van der Waals surface area contributed by atoms with Crippen LogP contribution in [0, 0.1) is 0 Å². The molecule has 6 heteroatoms. The van der Waals surface area contributed by atoms with Gasteiger partial charge in [-0.15, -0.1) is 0 Å². The van der Waals surface area contributed by atoms with Gasteiger partial charge in [0.15, 0.2) is 0 Å². The number of nitrogens with zero attached hydrogens (tertiary/aromatic N) is 1. The van der Waals surface area contributed by atoms with Crippen molar-refractivity contribution in [3.63, 3.8) is 0 Å². The first-order chi connectivity index (χ1) is 14.1. The summed E-state index contributed by atoms with van der Waals surface area (Å²) >= 11 is 5.98. The summed E-state index contributed by atoms with van der Waals surface area (Å²) in [5.41, 5.74) is 2.70. The topological polar surface area (TPSA) is 60.3 Å². The zero-order chi connectivity index (χ0) is 20.6. The van der Waals surface area contributed by atoms with Crippen LogP contribution in [0.3, 0.4) is 0 Å². The summed E-state index contributed by atoms with van der Waals surface area (Å²) in [5.74, 6) is -0.276. The minimum Gasteiger partial charge on any atom is -0.469 e. The van der Waals surface area contributed by atoms with Gasteiger partial charge < -0.3 is 14.6 Å². The number of hydrogen-bond acceptors (Lipinski definition) is 3. The molecule has 1 heterocycles. The van der Waals surface area contributed by atoms with Crippen molar-refractivity contribution < 1.29 is 14.3 Å². The quantitative estimate of drug-likeness (QED) is 0.405. The van der Waals surface area contributed by atoms with Gasteiger partial charge in [0.1, 0.15) is 0 Å². The number of hydrogen-bond donors (Lipinski definition) is 1. The number of amides is 1. The average molecular weight is 413 g/mol. The van der Waals surface area contributed by atoms with E-state index in [9.17, 15) is 9.59 Å². The molecule has 0 fully saturated rings. The van der Waals surface area contributed by atoms with Gasteiger partial charge in [-0.05, 0) is 42.7 Å². The van der Waals surface area contributed by atoms with Crippen molar-refractivity contribution in [1.82, 2.24) is 9.88 Å². The SMILES string of the molecule is COC(=O)CCCCCNC(=O)c1cccc2ccn(Cc3ccc(Cl)cc3)c12. The number of esters is 1. The molecule has 0 saturated carbocycles. The fraction of sp³-hybridized carbons (Fsp3) is 0.304. The van der Waals surface area contributed by atoms with E-state index in [0.29, 0.717) is 30.1 Å². The predicted molar refractivity (Wildman–Crippen MR) is 115 cm³/mol. The minimum atomic E-state index is -0.192. The van der Waals surface area contributed by atoms with Gasteiger partial charge in [-0.1, -0.05) is 42.3 Å². The molecule has 0 aliphatic carbocycles. The number of para-hydroxylation sites is 1. The second-order valence-corrected chi connectivity index (χ2v) is 7.39. The number of fused-ring (bicyclic) bond motifs is 1. The Labute approximate surface area is 175 Å². The van der Waals surface area contributed by atoms with E-state index in [2.05, 4.69) is 14.6 Å². The molecular formula is C23H25ClN2O3. The van der Waals surface area contributed by atoms with E-state index in [0.717, 1.165) is 35.7 Å². The lowest BCUT2D eigenvalue weighted by Gasteiger charge is -2.11. The molecule has 0 saturated heterocycles. The van der Waals surface area contributed by atoms with E-state index in [1.165, 1.54) is 7.11 Å². The fourth-order valence-electron chi connectivity index (χ4n) is 3.33. The third kappa shape index (κ3) is 5.61. The number of methoxy groups -OCH3 is 1. The normalized spacial score (nSPS) is 10.8. The summed E-state index contributed by atoms with van der Waals surface area (Å²) in [6.07, 6.45) is 4.88. The highest BCUT2D eigenvalue weighted by Crippen LogP contribution is 2.22. The maximum Gasteiger partial charge on any atom is 0.305 e. The fourth-order valence-corrected chi connectivity index (χ4v) is 3.46. The Balaban J connectivity index is 1.64. The summed E-state index contributed by atoms with van der Waals surface area (Å²) in [6.45, 7) is 1.24. The molecule has 0 atom stereocenters. The molecule has 5 nitrogen and oxygen atoms in total. The molecule has 1 amide bonds. The van der Waals surface area contributed by atoms with Gasteiger partial charge in [0.25, 0.3) is 5.91 Å². The summed E-state index contributed by atoms with van der Waals surface area (Å²) < 4.78 is 6.72. The summed E-state index contributed by atoms with van der Waals surface area (Å²) in [6, 6.07) is 15.5. The van der Waals surface area contributed by atoms with Gasteiger partial charge in [-0.25, -0.2) is 0 Å². The van der Waals surface area contributed by atoms with Crippen LogP contribution in [0.25, 0.3) is 10.9 Å². The molecule has 1 N–H and O–H groups in total. The third-order valence-corrected chi connectivity index (χ3v) is 5.12. The van der Waals surface area contributed by atoms with Crippen LogP contribution in [0.2, 0.25) is 5.02 Å². The van der Waals surface area contributed by atoms with Crippen LogP contribution < -0.4 is 5.32 Å². The number of benzene rings is 2. The third-order valence-electron chi connectivity index (χ3n) is 4.87. The van der Waals surface area contributed by atoms with E-state index in [4.69, 9.17) is 11.6 Å². The molecule has 0 unspecified atom stereocenters. The number of rotatable bonds is 9. The largest absolute Gasteiger partial charge is 0.469 e. The lowest BCUT2D eigenvalue weighted by Crippen LogP contribution is -2.25. The number of unbranched alkanes of at least 4 members (excludes halogenated alkanes) is 2. The van der Waals surface area contributed by atoms with Crippen LogP contribution >= 0.6 is 11.6 Å². The zero-order valence-corrected chi connectivity index (χ0v) is 17.2. The highest BCUT2D eigenvalue weighted by Gasteiger charge is 2.13. The number of nitrogens with one attached hydrogen (secondary N) is 1. The van der Waals surface area contributed by atoms with Crippen LogP contribution in [0.5, 0.6) is 0 Å². The standard InChI is InChI=1S/C23H25ClN2O3/c1-29-21(27)8-3-2-4-14-25-23(28)20-7-5-6-18-13-15-26(22(18)20)16-17-9-11-19(24)12-10-17/h5-7,9-13,15H,2-4,8,14,16H2,1H3,(H,25,28). The Bertz CT molecular complexity index is 979. The molecule has 0 radical (unpaired) electrons. The van der Waals surface area contributed by atoms with Gasteiger partial charge in [0, 0.05) is 36.1 Å². The molecule has 2 aromatic carbocycles. The lowest BCUT2D eigenvalue weighted by atomic mass is 10.1. The Morgan fingerprint density at radius 3 is 2.59 bits per heavy atom. The molecule has 3 rings (SSSR count). The van der Waals surface area contributed by atoms with Gasteiger partial charge in [-0.3, -0.25) is 9.59 Å². The smallest absolute Gasteiger partial charge is 0.305 e. The van der Waals surface area contributed by atoms with Crippen molar-refractivity contribution in [3.8, 4) is 0 Å². The van der Waals surface area contributed by atoms with Crippen LogP contribution in [-0.4, -0.2) is 30.1 Å². The molecule has 3 aromatic rings. The Kier molecular flexibility index (Phi) is 7.30. The van der Waals surface area contributed by atoms with Crippen molar-refractivity contribution in [2.45, 2.75) is 32.2 Å². The molecule has 29 heavy (non-hydrogen) atoms. The molecule has 1 aromatic heterocycles. The van der Waals surface area contributed by atoms with E-state index in [1.54, 1.807) is 0 Å². The van der Waals surface area contributed by atoms with Crippen LogP contribution in [0.4, 0.5) is 0 Å². The highest BCUT2D eigenvalue weighted by atomic mass is 35.5. The minimum absolute atomic E-state index is 0.0837. The van der Waals surface area contributed by atoms with Crippen LogP contribution in [0.15, 0.2) is 54.7 Å². The number of aromatic nitrogens is 1. The number of carbonyl (C=O) groups is 2. The van der Waals surface area contributed by atoms with Crippen molar-refractivity contribution in [1.29, 1.82) is 0 Å². The van der Waals surface area contributed by atoms with Crippen molar-refractivity contribution >= 4 is 34.4 Å². The molecule has 0 aliphatic rings. The number of halogens is 1. The Hall–Kier alpha value is -2.79. The molecule has 0 spiro atoms. The molecular weight excluding hydrogens is 388 g/mol. The lowest BCUT2D eigenvalue weighted by molar-refractivity contribution is -0.140. The number of carbonyl (C=O) groups excluding carboxylic acids is 2. The second-order valence-electron chi connectivity index (χ2n) is 6.96. The van der Waals surface area contributed by atoms with Crippen molar-refractivity contribution in [2.75, 3.05) is 13.7 Å². The van der Waals surface area contributed by atoms with Gasteiger partial charge in [0.05, 0.1) is 18.2 Å². The maximum atomic E-state index is 12.8. The van der Waals surface area contributed by atoms with Gasteiger partial charge in [0.2, 0.25) is 0 Å². The zero-order valence-electron chi connectivity index (χ0n) is 16.5. The summed E-state index contributed by atoms with van der Waals surface area (Å²) in [5, 5.41) is 4.73. The van der Waals surface area contributed by atoms with Crippen molar-refractivity contribution in [2.24, 2.45) is 0 Å². The van der Waals surface area contributed by atoms with Gasteiger partial charge in [-0.2, -0.15) is 0 Å². The second kappa shape index (κ2) is 10.1. The van der Waals surface area contributed by atoms with Crippen LogP contribution in [-0.2, 0) is 16.1 Å². The monoisotopic (exact) mass is 412 g/mol. The number of ether oxygens (including phenoxy) is 1. The molecule has 0 bridgehead atoms. The first-order valence-corrected chi connectivity index (χ1v) is 10.1. The highest BCUT2D eigenvalue weighted by molar-refractivity contribution is 6.30. The maximum absolute atomic E-state index is 12.8. The molecule has 0 aliphatic heterocycles. The van der Waals surface area contributed by atoms with E-state index >= 15 is 0 Å². The Morgan fingerprint density at radius 1 is 1.03 bits per heavy atom. The summed E-state index contributed by atoms with van der Waals surface area (Å²) in [7, 11) is 1.39. The summed E-state index contributed by atoms with van der Waals surface area (Å²) in [4.78, 5) is 23.9. The van der Waals surface area contributed by atoms with E-state index < -0.39 is 0 Å². The van der Waals surface area contributed by atoms with Crippen LogP contribution in [0.1, 0.15) is 41.6 Å². The Morgan fingerprint density at radius 2 is 1.83 bits per heavy atom. The predicted octanol–water partition coefficient (Wildman–Crippen LogP) is 4.81.